The summed E-state index contributed by atoms with van der Waals surface area (Å²) in [7, 11) is 0. The summed E-state index contributed by atoms with van der Waals surface area (Å²) in [5.74, 6) is -6.61. The zero-order valence-corrected chi connectivity index (χ0v) is 27.1. The van der Waals surface area contributed by atoms with E-state index in [0.29, 0.717) is 12.0 Å². The number of nitrogens with zero attached hydrogens (tertiary/aromatic N) is 2. The average molecular weight is 691 g/mol. The third-order valence-corrected chi connectivity index (χ3v) is 6.61. The number of carboxylic acid groups (broad SMARTS) is 1. The van der Waals surface area contributed by atoms with Crippen molar-refractivity contribution in [2.75, 3.05) is 19.6 Å². The lowest BCUT2D eigenvalue weighted by atomic mass is 10.0. The van der Waals surface area contributed by atoms with Crippen LogP contribution in [0.15, 0.2) is 40.3 Å². The highest BCUT2D eigenvalue weighted by Crippen LogP contribution is 2.06. The SMILES string of the molecule is CC(=O)N[C@@H](CCCN=C(N)N)C(=O)N[C@@H](CCCN=C(N)N)C(=O)NCC(=O)N[C@@H](CC(=O)O)C(=O)N[C@@H](Cc1ccccc1)C(N)=O. The second-order valence-electron chi connectivity index (χ2n) is 10.8. The van der Waals surface area contributed by atoms with E-state index in [-0.39, 0.29) is 50.7 Å². The monoisotopic (exact) mass is 690 g/mol. The Morgan fingerprint density at radius 2 is 1.20 bits per heavy atom. The molecule has 1 rings (SSSR count). The highest BCUT2D eigenvalue weighted by Gasteiger charge is 2.29. The molecule has 0 aliphatic rings. The van der Waals surface area contributed by atoms with Crippen molar-refractivity contribution >= 4 is 53.3 Å². The number of hydrogen-bond donors (Lipinski definition) is 11. The maximum absolute atomic E-state index is 13.1. The fourth-order valence-corrected chi connectivity index (χ4v) is 4.33. The molecule has 1 aromatic rings. The van der Waals surface area contributed by atoms with Gasteiger partial charge in [0.25, 0.3) is 0 Å². The van der Waals surface area contributed by atoms with Crippen molar-refractivity contribution in [2.24, 2.45) is 38.7 Å². The lowest BCUT2D eigenvalue weighted by Crippen LogP contribution is -2.56. The molecule has 0 spiro atoms. The van der Waals surface area contributed by atoms with Gasteiger partial charge in [0, 0.05) is 26.4 Å². The van der Waals surface area contributed by atoms with Crippen LogP contribution < -0.4 is 55.3 Å². The van der Waals surface area contributed by atoms with Crippen molar-refractivity contribution in [2.45, 2.75) is 69.6 Å². The van der Waals surface area contributed by atoms with Gasteiger partial charge in [0.2, 0.25) is 35.4 Å². The minimum atomic E-state index is -1.63. The second-order valence-corrected chi connectivity index (χ2v) is 10.8. The summed E-state index contributed by atoms with van der Waals surface area (Å²) in [6.07, 6.45) is -0.156. The van der Waals surface area contributed by atoms with Gasteiger partial charge in [-0.15, -0.1) is 0 Å². The first-order valence-electron chi connectivity index (χ1n) is 15.2. The third-order valence-electron chi connectivity index (χ3n) is 6.61. The fraction of sp³-hybridized carbons (Fsp3) is 0.483. The number of aliphatic carboxylic acids is 1. The van der Waals surface area contributed by atoms with Gasteiger partial charge < -0.3 is 60.4 Å². The number of carbonyl (C=O) groups excluding carboxylic acids is 6. The van der Waals surface area contributed by atoms with Crippen LogP contribution in [0.5, 0.6) is 0 Å². The van der Waals surface area contributed by atoms with Crippen LogP contribution in [0.2, 0.25) is 0 Å². The zero-order chi connectivity index (χ0) is 36.9. The van der Waals surface area contributed by atoms with Crippen molar-refractivity contribution in [1.29, 1.82) is 0 Å². The molecule has 16 N–H and O–H groups in total. The van der Waals surface area contributed by atoms with Crippen molar-refractivity contribution in [3.63, 3.8) is 0 Å². The molecule has 20 nitrogen and oxygen atoms in total. The standard InChI is InChI=1S/C29H46N12O8/c1-16(42)38-19(10-6-12-36-29(33)34)26(48)40-18(9-5-11-35-28(31)32)25(47)37-15-22(43)39-21(14-23(44)45)27(49)41-20(24(30)46)13-17-7-3-2-4-8-17/h2-4,7-8,18-21H,5-6,9-15H2,1H3,(H2,30,46)(H,37,47)(H,38,42)(H,39,43)(H,40,48)(H,41,49)(H,44,45)(H4,31,32,35)(H4,33,34,36)/t18-,19-,20-,21-/m0/s1. The highest BCUT2D eigenvalue weighted by atomic mass is 16.4. The van der Waals surface area contributed by atoms with Crippen LogP contribution >= 0.6 is 0 Å². The van der Waals surface area contributed by atoms with Gasteiger partial charge >= 0.3 is 5.97 Å². The molecule has 0 heterocycles. The zero-order valence-electron chi connectivity index (χ0n) is 27.1. The van der Waals surface area contributed by atoms with Crippen molar-refractivity contribution in [3.05, 3.63) is 35.9 Å². The molecule has 0 unspecified atom stereocenters. The molecule has 0 saturated heterocycles. The lowest BCUT2D eigenvalue weighted by molar-refractivity contribution is -0.141. The molecule has 0 bridgehead atoms. The molecule has 270 valence electrons. The number of amides is 6. The first-order chi connectivity index (χ1) is 23.1. The molecule has 0 aromatic heterocycles. The Bertz CT molecular complexity index is 1360. The van der Waals surface area contributed by atoms with Gasteiger partial charge in [0.05, 0.1) is 13.0 Å². The minimum Gasteiger partial charge on any atom is -0.481 e. The summed E-state index contributed by atoms with van der Waals surface area (Å²) in [5.41, 5.74) is 27.4. The first kappa shape index (κ1) is 41.1. The number of aliphatic imine (C=N–C) groups is 2. The smallest absolute Gasteiger partial charge is 0.305 e. The van der Waals surface area contributed by atoms with Crippen LogP contribution in [-0.2, 0) is 40.0 Å². The van der Waals surface area contributed by atoms with Crippen LogP contribution in [0.1, 0.15) is 44.6 Å². The van der Waals surface area contributed by atoms with Gasteiger partial charge in [0.15, 0.2) is 11.9 Å². The minimum absolute atomic E-state index is 0.0106. The summed E-state index contributed by atoms with van der Waals surface area (Å²) < 4.78 is 0. The number of carboxylic acids is 1. The highest BCUT2D eigenvalue weighted by molar-refractivity contribution is 5.96. The van der Waals surface area contributed by atoms with Crippen LogP contribution in [0, 0.1) is 0 Å². The summed E-state index contributed by atoms with van der Waals surface area (Å²) in [6, 6.07) is 3.47. The number of benzene rings is 1. The van der Waals surface area contributed by atoms with Crippen LogP contribution in [0.3, 0.4) is 0 Å². The fourth-order valence-electron chi connectivity index (χ4n) is 4.33. The molecular weight excluding hydrogens is 644 g/mol. The number of guanidine groups is 2. The molecule has 49 heavy (non-hydrogen) atoms. The number of hydrogen-bond acceptors (Lipinski definition) is 9. The second kappa shape index (κ2) is 21.8. The topological polar surface area (TPSA) is 355 Å². The third kappa shape index (κ3) is 18.1. The summed E-state index contributed by atoms with van der Waals surface area (Å²) in [6.45, 7) is 0.780. The molecule has 0 aliphatic heterocycles. The van der Waals surface area contributed by atoms with E-state index >= 15 is 0 Å². The van der Waals surface area contributed by atoms with E-state index in [1.165, 1.54) is 6.92 Å². The number of primary amides is 1. The predicted octanol–water partition coefficient (Wildman–Crippen LogP) is -4.63. The number of rotatable bonds is 22. The Hall–Kier alpha value is -5.95. The number of carbonyl (C=O) groups is 7. The molecule has 6 amide bonds. The van der Waals surface area contributed by atoms with E-state index in [1.807, 2.05) is 0 Å². The van der Waals surface area contributed by atoms with Gasteiger partial charge in [0.1, 0.15) is 24.2 Å². The van der Waals surface area contributed by atoms with E-state index < -0.39 is 78.5 Å². The molecular formula is C29H46N12O8. The Morgan fingerprint density at radius 1 is 0.694 bits per heavy atom. The Balaban J connectivity index is 2.98. The first-order valence-corrected chi connectivity index (χ1v) is 15.2. The van der Waals surface area contributed by atoms with E-state index in [2.05, 4.69) is 36.6 Å². The molecule has 20 heteroatoms. The summed E-state index contributed by atoms with van der Waals surface area (Å²) in [5, 5.41) is 21.3. The van der Waals surface area contributed by atoms with Gasteiger partial charge in [-0.2, -0.15) is 0 Å². The van der Waals surface area contributed by atoms with Gasteiger partial charge in [-0.05, 0) is 31.2 Å². The lowest BCUT2D eigenvalue weighted by Gasteiger charge is -2.23. The Morgan fingerprint density at radius 3 is 1.69 bits per heavy atom. The molecule has 0 saturated carbocycles. The Kier molecular flexibility index (Phi) is 18.2. The quantitative estimate of drug-likeness (QED) is 0.0311. The molecule has 0 radical (unpaired) electrons. The van der Waals surface area contributed by atoms with Crippen molar-refractivity contribution < 1.29 is 38.7 Å². The Labute approximate surface area is 282 Å². The van der Waals surface area contributed by atoms with Crippen LogP contribution in [0.25, 0.3) is 0 Å². The van der Waals surface area contributed by atoms with Crippen LogP contribution in [0.4, 0.5) is 0 Å². The van der Waals surface area contributed by atoms with E-state index in [0.717, 1.165) is 0 Å². The largest absolute Gasteiger partial charge is 0.481 e. The number of nitrogens with one attached hydrogen (secondary N) is 5. The molecule has 0 fully saturated rings. The summed E-state index contributed by atoms with van der Waals surface area (Å²) >= 11 is 0. The normalized spacial score (nSPS) is 12.8. The van der Waals surface area contributed by atoms with Gasteiger partial charge in [-0.3, -0.25) is 43.5 Å². The van der Waals surface area contributed by atoms with E-state index in [4.69, 9.17) is 28.7 Å². The predicted molar refractivity (Wildman–Crippen MR) is 178 cm³/mol. The number of nitrogens with two attached hydrogens (primary N) is 5. The van der Waals surface area contributed by atoms with Gasteiger partial charge in [-0.25, -0.2) is 0 Å². The summed E-state index contributed by atoms with van der Waals surface area (Å²) in [4.78, 5) is 94.8. The van der Waals surface area contributed by atoms with Crippen molar-refractivity contribution in [1.82, 2.24) is 26.6 Å². The maximum Gasteiger partial charge on any atom is 0.305 e. The molecule has 1 aromatic carbocycles. The van der Waals surface area contributed by atoms with Crippen molar-refractivity contribution in [3.8, 4) is 0 Å². The van der Waals surface area contributed by atoms with E-state index in [9.17, 15) is 38.7 Å². The maximum atomic E-state index is 13.1. The average Bonchev–Trinajstić information content (AvgIpc) is 3.01. The van der Waals surface area contributed by atoms with Gasteiger partial charge in [-0.1, -0.05) is 30.3 Å². The molecule has 4 atom stereocenters. The van der Waals surface area contributed by atoms with Crippen LogP contribution in [-0.4, -0.2) is 102 Å². The van der Waals surface area contributed by atoms with E-state index in [1.54, 1.807) is 30.3 Å². The molecule has 0 aliphatic carbocycles.